The van der Waals surface area contributed by atoms with E-state index >= 15 is 0 Å². The lowest BCUT2D eigenvalue weighted by molar-refractivity contribution is 0.269. The second kappa shape index (κ2) is 5.98. The lowest BCUT2D eigenvalue weighted by atomic mass is 10.2. The number of thioether (sulfide) groups is 1. The number of nitrogens with two attached hydrogens (primary N) is 1. The van der Waals surface area contributed by atoms with Crippen LogP contribution in [-0.2, 0) is 6.54 Å². The molecule has 0 saturated carbocycles. The monoisotopic (exact) mass is 225 g/mol. The molecule has 4 heteroatoms. The number of nitrogens with zero attached hydrogens (tertiary/aromatic N) is 2. The molecular weight excluding hydrogens is 206 g/mol. The van der Waals surface area contributed by atoms with E-state index in [0.29, 0.717) is 11.9 Å². The largest absolute Gasteiger partial charge is 0.384 e. The minimum absolute atomic E-state index is 0.578. The van der Waals surface area contributed by atoms with Crippen LogP contribution in [0.25, 0.3) is 0 Å². The molecule has 0 fully saturated rings. The van der Waals surface area contributed by atoms with E-state index in [4.69, 9.17) is 5.73 Å². The highest BCUT2D eigenvalue weighted by molar-refractivity contribution is 7.98. The van der Waals surface area contributed by atoms with Crippen LogP contribution in [0.2, 0.25) is 0 Å². The SMILES string of the molecule is CSCC(C)N(C)Cc1ccnc(N)c1. The number of rotatable bonds is 5. The first-order valence-corrected chi connectivity index (χ1v) is 6.42. The fourth-order valence-corrected chi connectivity index (χ4v) is 2.14. The van der Waals surface area contributed by atoms with E-state index in [0.717, 1.165) is 12.3 Å². The van der Waals surface area contributed by atoms with Crippen LogP contribution in [0.5, 0.6) is 0 Å². The van der Waals surface area contributed by atoms with E-state index in [1.807, 2.05) is 23.9 Å². The van der Waals surface area contributed by atoms with Crippen LogP contribution in [0.1, 0.15) is 12.5 Å². The van der Waals surface area contributed by atoms with Crippen molar-refractivity contribution in [2.24, 2.45) is 0 Å². The van der Waals surface area contributed by atoms with Crippen LogP contribution in [0.4, 0.5) is 5.82 Å². The van der Waals surface area contributed by atoms with Crippen molar-refractivity contribution in [3.8, 4) is 0 Å². The topological polar surface area (TPSA) is 42.2 Å². The molecule has 0 aliphatic rings. The molecule has 84 valence electrons. The Bertz CT molecular complexity index is 304. The lowest BCUT2D eigenvalue weighted by Gasteiger charge is -2.24. The number of aromatic nitrogens is 1. The van der Waals surface area contributed by atoms with Gasteiger partial charge in [-0.3, -0.25) is 4.90 Å². The minimum atomic E-state index is 0.578. The molecule has 3 nitrogen and oxygen atoms in total. The Morgan fingerprint density at radius 3 is 2.93 bits per heavy atom. The molecular formula is C11H19N3S. The van der Waals surface area contributed by atoms with Gasteiger partial charge < -0.3 is 5.73 Å². The first-order valence-electron chi connectivity index (χ1n) is 5.03. The fourth-order valence-electron chi connectivity index (χ4n) is 1.41. The van der Waals surface area contributed by atoms with Crippen molar-refractivity contribution in [3.63, 3.8) is 0 Å². The van der Waals surface area contributed by atoms with Gasteiger partial charge in [-0.1, -0.05) is 0 Å². The molecule has 1 rings (SSSR count). The van der Waals surface area contributed by atoms with Gasteiger partial charge in [0, 0.05) is 24.5 Å². The van der Waals surface area contributed by atoms with E-state index in [1.54, 1.807) is 6.20 Å². The molecule has 0 aliphatic carbocycles. The summed E-state index contributed by atoms with van der Waals surface area (Å²) in [6, 6.07) is 4.52. The van der Waals surface area contributed by atoms with E-state index in [9.17, 15) is 0 Å². The van der Waals surface area contributed by atoms with Gasteiger partial charge in [0.1, 0.15) is 5.82 Å². The quantitative estimate of drug-likeness (QED) is 0.830. The van der Waals surface area contributed by atoms with Gasteiger partial charge in [0.15, 0.2) is 0 Å². The van der Waals surface area contributed by atoms with Crippen LogP contribution < -0.4 is 5.73 Å². The minimum Gasteiger partial charge on any atom is -0.384 e. The molecule has 1 atom stereocenters. The normalized spacial score (nSPS) is 13.1. The molecule has 0 amide bonds. The molecule has 0 saturated heterocycles. The van der Waals surface area contributed by atoms with Crippen molar-refractivity contribution in [1.29, 1.82) is 0 Å². The molecule has 0 radical (unpaired) electrons. The number of hydrogen-bond acceptors (Lipinski definition) is 4. The van der Waals surface area contributed by atoms with Gasteiger partial charge >= 0.3 is 0 Å². The summed E-state index contributed by atoms with van der Waals surface area (Å²) in [7, 11) is 2.14. The van der Waals surface area contributed by atoms with Crippen LogP contribution in [-0.4, -0.2) is 35.0 Å². The Hall–Kier alpha value is -0.740. The van der Waals surface area contributed by atoms with Gasteiger partial charge in [-0.15, -0.1) is 0 Å². The fraction of sp³-hybridized carbons (Fsp3) is 0.545. The smallest absolute Gasteiger partial charge is 0.123 e. The highest BCUT2D eigenvalue weighted by atomic mass is 32.2. The summed E-state index contributed by atoms with van der Waals surface area (Å²) >= 11 is 1.87. The van der Waals surface area contributed by atoms with Crippen LogP contribution in [0.15, 0.2) is 18.3 Å². The molecule has 0 spiro atoms. The Morgan fingerprint density at radius 1 is 1.60 bits per heavy atom. The molecule has 15 heavy (non-hydrogen) atoms. The zero-order valence-electron chi connectivity index (χ0n) is 9.60. The average molecular weight is 225 g/mol. The van der Waals surface area contributed by atoms with E-state index < -0.39 is 0 Å². The van der Waals surface area contributed by atoms with Crippen LogP contribution in [0.3, 0.4) is 0 Å². The molecule has 1 aromatic heterocycles. The van der Waals surface area contributed by atoms with Crippen molar-refractivity contribution in [2.75, 3.05) is 24.8 Å². The maximum atomic E-state index is 5.64. The van der Waals surface area contributed by atoms with E-state index in [2.05, 4.69) is 30.1 Å². The van der Waals surface area contributed by atoms with Gasteiger partial charge in [-0.25, -0.2) is 4.98 Å². The van der Waals surface area contributed by atoms with Crippen molar-refractivity contribution < 1.29 is 0 Å². The van der Waals surface area contributed by atoms with Crippen molar-refractivity contribution in [2.45, 2.75) is 19.5 Å². The number of hydrogen-bond donors (Lipinski definition) is 1. The molecule has 1 unspecified atom stereocenters. The standard InChI is InChI=1S/C11H19N3S/c1-9(8-15-3)14(2)7-10-4-5-13-11(12)6-10/h4-6,9H,7-8H2,1-3H3,(H2,12,13). The molecule has 0 aromatic carbocycles. The Balaban J connectivity index is 2.54. The molecule has 1 aromatic rings. The number of nitrogen functional groups attached to an aromatic ring is 1. The van der Waals surface area contributed by atoms with Crippen molar-refractivity contribution >= 4 is 17.6 Å². The maximum absolute atomic E-state index is 5.64. The van der Waals surface area contributed by atoms with E-state index in [-0.39, 0.29) is 0 Å². The second-order valence-corrected chi connectivity index (χ2v) is 4.72. The Labute approximate surface area is 96.1 Å². The van der Waals surface area contributed by atoms with Gasteiger partial charge in [0.05, 0.1) is 0 Å². The van der Waals surface area contributed by atoms with Gasteiger partial charge in [0.2, 0.25) is 0 Å². The average Bonchev–Trinajstić information content (AvgIpc) is 2.18. The first kappa shape index (κ1) is 12.3. The number of pyridine rings is 1. The summed E-state index contributed by atoms with van der Waals surface area (Å²) in [4.78, 5) is 6.31. The molecule has 2 N–H and O–H groups in total. The lowest BCUT2D eigenvalue weighted by Crippen LogP contribution is -2.30. The van der Waals surface area contributed by atoms with Gasteiger partial charge in [-0.2, -0.15) is 11.8 Å². The Morgan fingerprint density at radius 2 is 2.33 bits per heavy atom. The molecule has 0 aliphatic heterocycles. The summed E-state index contributed by atoms with van der Waals surface area (Å²) in [5, 5.41) is 0. The van der Waals surface area contributed by atoms with Crippen molar-refractivity contribution in [3.05, 3.63) is 23.9 Å². The summed E-state index contributed by atoms with van der Waals surface area (Å²) in [6.07, 6.45) is 3.90. The van der Waals surface area contributed by atoms with E-state index in [1.165, 1.54) is 5.56 Å². The second-order valence-electron chi connectivity index (χ2n) is 3.81. The van der Waals surface area contributed by atoms with Crippen molar-refractivity contribution in [1.82, 2.24) is 9.88 Å². The highest BCUT2D eigenvalue weighted by Gasteiger charge is 2.08. The summed E-state index contributed by atoms with van der Waals surface area (Å²) in [6.45, 7) is 3.16. The zero-order valence-corrected chi connectivity index (χ0v) is 10.4. The van der Waals surface area contributed by atoms with Crippen LogP contribution >= 0.6 is 11.8 Å². The third-order valence-corrected chi connectivity index (χ3v) is 3.25. The third kappa shape index (κ3) is 4.10. The summed E-state index contributed by atoms with van der Waals surface area (Å²) in [5.74, 6) is 1.75. The van der Waals surface area contributed by atoms with Crippen LogP contribution in [0, 0.1) is 0 Å². The van der Waals surface area contributed by atoms with Gasteiger partial charge in [0.25, 0.3) is 0 Å². The highest BCUT2D eigenvalue weighted by Crippen LogP contribution is 2.10. The molecule has 0 bridgehead atoms. The number of anilines is 1. The third-order valence-electron chi connectivity index (χ3n) is 2.44. The first-order chi connectivity index (χ1) is 7.13. The Kier molecular flexibility index (Phi) is 4.91. The summed E-state index contributed by atoms with van der Waals surface area (Å²) < 4.78 is 0. The zero-order chi connectivity index (χ0) is 11.3. The predicted molar refractivity (Wildman–Crippen MR) is 68.0 cm³/mol. The predicted octanol–water partition coefficient (Wildman–Crippen LogP) is 1.85. The van der Waals surface area contributed by atoms with Gasteiger partial charge in [-0.05, 0) is 37.9 Å². The summed E-state index contributed by atoms with van der Waals surface area (Å²) in [5.41, 5.74) is 6.86. The maximum Gasteiger partial charge on any atom is 0.123 e. The molecule has 1 heterocycles.